The van der Waals surface area contributed by atoms with Gasteiger partial charge in [0, 0.05) is 6.20 Å². The molecule has 1 aliphatic rings. The lowest BCUT2D eigenvalue weighted by atomic mass is 10.2. The summed E-state index contributed by atoms with van der Waals surface area (Å²) in [5.74, 6) is -0.0470. The smallest absolute Gasteiger partial charge is 0.242 e. The maximum absolute atomic E-state index is 11.5. The molecule has 1 fully saturated rings. The lowest BCUT2D eigenvalue weighted by Gasteiger charge is -2.08. The first-order chi connectivity index (χ1) is 8.08. The van der Waals surface area contributed by atoms with Crippen LogP contribution in [0.15, 0.2) is 34.6 Å². The number of pyridine rings is 1. The van der Waals surface area contributed by atoms with Crippen LogP contribution in [0.2, 0.25) is 0 Å². The molecule has 2 heterocycles. The molecular weight excluding hydrogens is 236 g/mol. The second-order valence-electron chi connectivity index (χ2n) is 3.97. The van der Waals surface area contributed by atoms with E-state index in [9.17, 15) is 4.79 Å². The van der Waals surface area contributed by atoms with E-state index in [1.165, 1.54) is 11.8 Å². The topological polar surface area (TPSA) is 66.7 Å². The van der Waals surface area contributed by atoms with Crippen LogP contribution in [0.3, 0.4) is 0 Å². The highest BCUT2D eigenvalue weighted by atomic mass is 32.2. The first kappa shape index (κ1) is 11.8. The molecule has 0 saturated carbocycles. The maximum Gasteiger partial charge on any atom is 0.242 e. The molecule has 0 aromatic carbocycles. The number of nitrogens with zero attached hydrogens (tertiary/aromatic N) is 3. The van der Waals surface area contributed by atoms with Crippen LogP contribution < -0.4 is 5.32 Å². The van der Waals surface area contributed by atoms with Crippen molar-refractivity contribution in [2.75, 3.05) is 0 Å². The number of hydrogen-bond acceptors (Lipinski definition) is 5. The minimum atomic E-state index is -0.473. The van der Waals surface area contributed by atoms with Crippen molar-refractivity contribution in [3.05, 3.63) is 30.1 Å². The molecule has 5 nitrogen and oxygen atoms in total. The molecule has 1 N–H and O–H groups in total. The van der Waals surface area contributed by atoms with Crippen LogP contribution in [0.1, 0.15) is 19.5 Å². The number of amidine groups is 1. The third-order valence-electron chi connectivity index (χ3n) is 2.15. The van der Waals surface area contributed by atoms with Crippen LogP contribution in [0.4, 0.5) is 0 Å². The summed E-state index contributed by atoms with van der Waals surface area (Å²) in [6.07, 6.45) is 3.23. The first-order valence-electron chi connectivity index (χ1n) is 5.10. The van der Waals surface area contributed by atoms with E-state index < -0.39 is 4.75 Å². The van der Waals surface area contributed by atoms with E-state index in [0.717, 1.165) is 5.69 Å². The summed E-state index contributed by atoms with van der Waals surface area (Å²) in [6, 6.07) is 5.53. The Hall–Kier alpha value is -1.69. The number of hydrogen-bond donors (Lipinski definition) is 1. The SMILES string of the molecule is CC1(C)S/C(=N/N=C/c2ccccn2)NC1=O. The minimum Gasteiger partial charge on any atom is -0.302 e. The Morgan fingerprint density at radius 1 is 1.47 bits per heavy atom. The molecule has 2 rings (SSSR count). The Kier molecular flexibility index (Phi) is 3.23. The quantitative estimate of drug-likeness (QED) is 0.635. The second-order valence-corrected chi connectivity index (χ2v) is 5.58. The van der Waals surface area contributed by atoms with Gasteiger partial charge in [0.2, 0.25) is 5.91 Å². The van der Waals surface area contributed by atoms with Crippen LogP contribution in [-0.4, -0.2) is 27.0 Å². The third kappa shape index (κ3) is 2.91. The summed E-state index contributed by atoms with van der Waals surface area (Å²) in [6.45, 7) is 3.69. The van der Waals surface area contributed by atoms with Gasteiger partial charge in [-0.05, 0) is 26.0 Å². The van der Waals surface area contributed by atoms with E-state index in [-0.39, 0.29) is 5.91 Å². The standard InChI is InChI=1S/C11H12N4OS/c1-11(2)9(16)14-10(17-11)15-13-7-8-5-3-4-6-12-8/h3-7H,1-2H3,(H,14,15,16)/b13-7+. The van der Waals surface area contributed by atoms with Gasteiger partial charge in [-0.25, -0.2) is 0 Å². The lowest BCUT2D eigenvalue weighted by Crippen LogP contribution is -2.30. The molecule has 1 amide bonds. The fourth-order valence-corrected chi connectivity index (χ4v) is 2.06. The number of amides is 1. The van der Waals surface area contributed by atoms with Crippen molar-refractivity contribution in [1.29, 1.82) is 0 Å². The van der Waals surface area contributed by atoms with Gasteiger partial charge < -0.3 is 5.32 Å². The molecule has 6 heteroatoms. The highest BCUT2D eigenvalue weighted by molar-refractivity contribution is 8.16. The van der Waals surface area contributed by atoms with E-state index in [1.54, 1.807) is 12.4 Å². The zero-order valence-corrected chi connectivity index (χ0v) is 10.4. The molecule has 0 atom stereocenters. The first-order valence-corrected chi connectivity index (χ1v) is 5.92. The molecule has 1 aromatic rings. The van der Waals surface area contributed by atoms with Crippen LogP contribution in [0.25, 0.3) is 0 Å². The molecule has 88 valence electrons. The van der Waals surface area contributed by atoms with Crippen LogP contribution in [-0.2, 0) is 4.79 Å². The zero-order valence-electron chi connectivity index (χ0n) is 9.54. The average molecular weight is 248 g/mol. The predicted molar refractivity (Wildman–Crippen MR) is 69.1 cm³/mol. The molecule has 1 aliphatic heterocycles. The van der Waals surface area contributed by atoms with Crippen molar-refractivity contribution in [2.45, 2.75) is 18.6 Å². The fraction of sp³-hybridized carbons (Fsp3) is 0.273. The zero-order chi connectivity index (χ0) is 12.3. The Morgan fingerprint density at radius 2 is 2.29 bits per heavy atom. The van der Waals surface area contributed by atoms with Gasteiger partial charge >= 0.3 is 0 Å². The molecule has 1 saturated heterocycles. The third-order valence-corrected chi connectivity index (χ3v) is 3.22. The number of aromatic nitrogens is 1. The van der Waals surface area contributed by atoms with Gasteiger partial charge in [0.05, 0.1) is 16.7 Å². The highest BCUT2D eigenvalue weighted by Gasteiger charge is 2.38. The van der Waals surface area contributed by atoms with E-state index in [0.29, 0.717) is 5.17 Å². The molecule has 0 unspecified atom stereocenters. The molecule has 0 bridgehead atoms. The van der Waals surface area contributed by atoms with Gasteiger partial charge in [0.1, 0.15) is 0 Å². The number of thioether (sulfide) groups is 1. The monoisotopic (exact) mass is 248 g/mol. The maximum atomic E-state index is 11.5. The van der Waals surface area contributed by atoms with Crippen LogP contribution >= 0.6 is 11.8 Å². The summed E-state index contributed by atoms with van der Waals surface area (Å²) in [5, 5.41) is 11.0. The van der Waals surface area contributed by atoms with Crippen molar-refractivity contribution in [1.82, 2.24) is 10.3 Å². The van der Waals surface area contributed by atoms with Gasteiger partial charge in [0.15, 0.2) is 5.17 Å². The number of carbonyl (C=O) groups excluding carboxylic acids is 1. The van der Waals surface area contributed by atoms with Crippen molar-refractivity contribution >= 4 is 29.1 Å². The largest absolute Gasteiger partial charge is 0.302 e. The highest BCUT2D eigenvalue weighted by Crippen LogP contribution is 2.30. The molecule has 0 radical (unpaired) electrons. The minimum absolute atomic E-state index is 0.0470. The normalized spacial score (nSPS) is 21.1. The van der Waals surface area contributed by atoms with Crippen molar-refractivity contribution < 1.29 is 4.79 Å². The summed E-state index contributed by atoms with van der Waals surface area (Å²) in [4.78, 5) is 15.5. The fourth-order valence-electron chi connectivity index (χ4n) is 1.20. The molecule has 0 aliphatic carbocycles. The summed E-state index contributed by atoms with van der Waals surface area (Å²) < 4.78 is -0.473. The Bertz CT molecular complexity index is 482. The van der Waals surface area contributed by atoms with Crippen molar-refractivity contribution in [3.63, 3.8) is 0 Å². The van der Waals surface area contributed by atoms with Gasteiger partial charge in [0.25, 0.3) is 0 Å². The Morgan fingerprint density at radius 3 is 2.88 bits per heavy atom. The van der Waals surface area contributed by atoms with Gasteiger partial charge in [-0.2, -0.15) is 5.10 Å². The number of nitrogens with one attached hydrogen (secondary N) is 1. The van der Waals surface area contributed by atoms with E-state index >= 15 is 0 Å². The number of rotatable bonds is 2. The Labute approximate surface area is 103 Å². The molecule has 1 aromatic heterocycles. The van der Waals surface area contributed by atoms with Crippen molar-refractivity contribution in [2.24, 2.45) is 10.2 Å². The second kappa shape index (κ2) is 4.67. The van der Waals surface area contributed by atoms with Crippen LogP contribution in [0, 0.1) is 0 Å². The summed E-state index contributed by atoms with van der Waals surface area (Å²) >= 11 is 1.37. The molecule has 0 spiro atoms. The van der Waals surface area contributed by atoms with Crippen LogP contribution in [0.5, 0.6) is 0 Å². The van der Waals surface area contributed by atoms with Gasteiger partial charge in [-0.3, -0.25) is 9.78 Å². The number of carbonyl (C=O) groups is 1. The Balaban J connectivity index is 2.04. The van der Waals surface area contributed by atoms with E-state index in [1.807, 2.05) is 32.0 Å². The van der Waals surface area contributed by atoms with Gasteiger partial charge in [-0.15, -0.1) is 5.10 Å². The lowest BCUT2D eigenvalue weighted by molar-refractivity contribution is -0.120. The van der Waals surface area contributed by atoms with E-state index in [2.05, 4.69) is 20.5 Å². The average Bonchev–Trinajstić information content (AvgIpc) is 2.54. The van der Waals surface area contributed by atoms with Gasteiger partial charge in [-0.1, -0.05) is 17.8 Å². The molecular formula is C11H12N4OS. The molecule has 17 heavy (non-hydrogen) atoms. The summed E-state index contributed by atoms with van der Waals surface area (Å²) in [7, 11) is 0. The summed E-state index contributed by atoms with van der Waals surface area (Å²) in [5.41, 5.74) is 0.727. The van der Waals surface area contributed by atoms with Crippen molar-refractivity contribution in [3.8, 4) is 0 Å². The predicted octanol–water partition coefficient (Wildman–Crippen LogP) is 1.41. The van der Waals surface area contributed by atoms with E-state index in [4.69, 9.17) is 0 Å².